The molecular weight excluding hydrogens is 433 g/mol. The summed E-state index contributed by atoms with van der Waals surface area (Å²) in [4.78, 5) is 0. The molecule has 0 radical (unpaired) electrons. The van der Waals surface area contributed by atoms with Crippen LogP contribution in [0.5, 0.6) is 5.75 Å². The van der Waals surface area contributed by atoms with Crippen molar-refractivity contribution in [3.63, 3.8) is 0 Å². The average Bonchev–Trinajstić information content (AvgIpc) is 2.89. The van der Waals surface area contributed by atoms with Crippen molar-refractivity contribution in [2.45, 2.75) is 78.1 Å². The van der Waals surface area contributed by atoms with E-state index in [1.165, 1.54) is 56.9 Å². The van der Waals surface area contributed by atoms with Crippen LogP contribution in [-0.2, 0) is 6.42 Å². The van der Waals surface area contributed by atoms with Crippen LogP contribution >= 0.6 is 0 Å². The highest BCUT2D eigenvalue weighted by atomic mass is 19.1. The Balaban J connectivity index is 1.66. The quantitative estimate of drug-likeness (QED) is 0.219. The molecule has 0 saturated heterocycles. The van der Waals surface area contributed by atoms with Crippen LogP contribution in [0, 0.1) is 17.1 Å². The van der Waals surface area contributed by atoms with E-state index in [2.05, 4.69) is 32.0 Å². The first kappa shape index (κ1) is 26.5. The first-order valence-electron chi connectivity index (χ1n) is 13.2. The topological polar surface area (TPSA) is 33.0 Å². The molecule has 0 atom stereocenters. The minimum Gasteiger partial charge on any atom is -0.494 e. The van der Waals surface area contributed by atoms with E-state index in [0.29, 0.717) is 17.7 Å². The van der Waals surface area contributed by atoms with Gasteiger partial charge in [0.2, 0.25) is 0 Å². The molecule has 0 N–H and O–H groups in total. The zero-order chi connectivity index (χ0) is 24.9. The molecule has 0 aliphatic rings. The smallest absolute Gasteiger partial charge is 0.149 e. The van der Waals surface area contributed by atoms with Crippen LogP contribution in [0.2, 0.25) is 0 Å². The molecule has 0 amide bonds. The highest BCUT2D eigenvalue weighted by molar-refractivity contribution is 5.77. The number of halogens is 1. The number of nitriles is 1. The standard InChI is InChI=1S/C32H38FNO/c1-3-5-7-8-9-11-23-35-28-19-17-26(18-20-28)29-21-22-30(32(33)31(29)24-34)27-15-13-25(14-16-27)12-10-6-4-2/h13-22H,3-12,23H2,1-2H3. The van der Waals surface area contributed by atoms with Gasteiger partial charge in [-0.1, -0.05) is 107 Å². The van der Waals surface area contributed by atoms with E-state index in [-0.39, 0.29) is 5.56 Å². The zero-order valence-electron chi connectivity index (χ0n) is 21.3. The Labute approximate surface area is 210 Å². The van der Waals surface area contributed by atoms with Gasteiger partial charge in [-0.05, 0) is 48.1 Å². The van der Waals surface area contributed by atoms with E-state index in [1.807, 2.05) is 42.5 Å². The molecule has 0 aliphatic carbocycles. The van der Waals surface area contributed by atoms with Crippen molar-refractivity contribution in [1.29, 1.82) is 5.26 Å². The largest absolute Gasteiger partial charge is 0.494 e. The fraction of sp³-hybridized carbons (Fsp3) is 0.406. The third-order valence-electron chi connectivity index (χ3n) is 6.52. The lowest BCUT2D eigenvalue weighted by Crippen LogP contribution is -1.98. The van der Waals surface area contributed by atoms with Crippen molar-refractivity contribution in [2.24, 2.45) is 0 Å². The Kier molecular flexibility index (Phi) is 10.8. The van der Waals surface area contributed by atoms with E-state index in [4.69, 9.17) is 4.74 Å². The van der Waals surface area contributed by atoms with Crippen LogP contribution in [0.1, 0.15) is 82.8 Å². The molecule has 2 nitrogen and oxygen atoms in total. The molecular formula is C32H38FNO. The van der Waals surface area contributed by atoms with E-state index in [0.717, 1.165) is 29.7 Å². The van der Waals surface area contributed by atoms with Gasteiger partial charge in [-0.2, -0.15) is 5.26 Å². The normalized spacial score (nSPS) is 10.8. The van der Waals surface area contributed by atoms with Gasteiger partial charge in [0.1, 0.15) is 17.6 Å². The van der Waals surface area contributed by atoms with Crippen molar-refractivity contribution in [1.82, 2.24) is 0 Å². The van der Waals surface area contributed by atoms with Crippen molar-refractivity contribution in [3.05, 3.63) is 77.6 Å². The summed E-state index contributed by atoms with van der Waals surface area (Å²) >= 11 is 0. The van der Waals surface area contributed by atoms with Crippen molar-refractivity contribution in [3.8, 4) is 34.1 Å². The molecule has 3 heteroatoms. The molecule has 0 saturated carbocycles. The number of rotatable bonds is 14. The van der Waals surface area contributed by atoms with E-state index in [9.17, 15) is 5.26 Å². The highest BCUT2D eigenvalue weighted by Crippen LogP contribution is 2.33. The summed E-state index contributed by atoms with van der Waals surface area (Å²) in [5.74, 6) is 0.337. The summed E-state index contributed by atoms with van der Waals surface area (Å²) in [5, 5.41) is 9.76. The minimum atomic E-state index is -0.466. The summed E-state index contributed by atoms with van der Waals surface area (Å²) in [6.45, 7) is 5.13. The summed E-state index contributed by atoms with van der Waals surface area (Å²) < 4.78 is 21.3. The number of hydrogen-bond acceptors (Lipinski definition) is 2. The maximum absolute atomic E-state index is 15.4. The van der Waals surface area contributed by atoms with Gasteiger partial charge in [0.05, 0.1) is 12.2 Å². The SMILES string of the molecule is CCCCCCCCOc1ccc(-c2ccc(-c3ccc(CCCCC)cc3)c(F)c2C#N)cc1. The predicted molar refractivity (Wildman–Crippen MR) is 144 cm³/mol. The number of hydrogen-bond donors (Lipinski definition) is 0. The summed E-state index contributed by atoms with van der Waals surface area (Å²) in [6, 6.07) is 21.3. The van der Waals surface area contributed by atoms with E-state index < -0.39 is 5.82 Å². The molecule has 3 aromatic carbocycles. The fourth-order valence-corrected chi connectivity index (χ4v) is 4.38. The molecule has 0 aromatic heterocycles. The first-order valence-corrected chi connectivity index (χ1v) is 13.2. The maximum Gasteiger partial charge on any atom is 0.149 e. The molecule has 0 unspecified atom stereocenters. The maximum atomic E-state index is 15.4. The molecule has 0 spiro atoms. The van der Waals surface area contributed by atoms with Crippen LogP contribution in [0.4, 0.5) is 4.39 Å². The Morgan fingerprint density at radius 1 is 0.686 bits per heavy atom. The van der Waals surface area contributed by atoms with Crippen LogP contribution in [0.3, 0.4) is 0 Å². The van der Waals surface area contributed by atoms with Gasteiger partial charge in [-0.15, -0.1) is 0 Å². The Bertz CT molecular complexity index is 1080. The lowest BCUT2D eigenvalue weighted by Gasteiger charge is -2.12. The van der Waals surface area contributed by atoms with Crippen molar-refractivity contribution >= 4 is 0 Å². The molecule has 0 fully saturated rings. The number of unbranched alkanes of at least 4 members (excludes halogenated alkanes) is 7. The number of nitrogens with zero attached hydrogens (tertiary/aromatic N) is 1. The second-order valence-corrected chi connectivity index (χ2v) is 9.26. The highest BCUT2D eigenvalue weighted by Gasteiger charge is 2.16. The van der Waals surface area contributed by atoms with Gasteiger partial charge in [-0.25, -0.2) is 4.39 Å². The third-order valence-corrected chi connectivity index (χ3v) is 6.52. The minimum absolute atomic E-state index is 0.0790. The van der Waals surface area contributed by atoms with Gasteiger partial charge in [0.25, 0.3) is 0 Å². The van der Waals surface area contributed by atoms with Gasteiger partial charge in [0.15, 0.2) is 0 Å². The summed E-state index contributed by atoms with van der Waals surface area (Å²) in [5.41, 5.74) is 4.01. The Morgan fingerprint density at radius 2 is 1.26 bits per heavy atom. The fourth-order valence-electron chi connectivity index (χ4n) is 4.38. The van der Waals surface area contributed by atoms with Crippen molar-refractivity contribution in [2.75, 3.05) is 6.61 Å². The Morgan fingerprint density at radius 3 is 1.94 bits per heavy atom. The zero-order valence-corrected chi connectivity index (χ0v) is 21.3. The number of ether oxygens (including phenoxy) is 1. The lowest BCUT2D eigenvalue weighted by molar-refractivity contribution is 0.304. The van der Waals surface area contributed by atoms with E-state index in [1.54, 1.807) is 6.07 Å². The summed E-state index contributed by atoms with van der Waals surface area (Å²) in [7, 11) is 0. The number of aryl methyl sites for hydroxylation is 1. The molecule has 0 heterocycles. The molecule has 3 aromatic rings. The second kappa shape index (κ2) is 14.3. The van der Waals surface area contributed by atoms with Crippen LogP contribution in [0.25, 0.3) is 22.3 Å². The predicted octanol–water partition coefficient (Wildman–Crippen LogP) is 9.50. The monoisotopic (exact) mass is 471 g/mol. The van der Waals surface area contributed by atoms with Crippen LogP contribution in [-0.4, -0.2) is 6.61 Å². The molecule has 184 valence electrons. The number of benzene rings is 3. The summed E-state index contributed by atoms with van der Waals surface area (Å²) in [6.07, 6.45) is 12.0. The average molecular weight is 472 g/mol. The Hall–Kier alpha value is -3.12. The van der Waals surface area contributed by atoms with E-state index >= 15 is 4.39 Å². The van der Waals surface area contributed by atoms with Crippen molar-refractivity contribution < 1.29 is 9.13 Å². The first-order chi connectivity index (χ1) is 17.2. The van der Waals surface area contributed by atoms with Gasteiger partial charge in [-0.3, -0.25) is 0 Å². The van der Waals surface area contributed by atoms with Crippen LogP contribution in [0.15, 0.2) is 60.7 Å². The van der Waals surface area contributed by atoms with Crippen LogP contribution < -0.4 is 4.74 Å². The molecule has 35 heavy (non-hydrogen) atoms. The lowest BCUT2D eigenvalue weighted by atomic mass is 9.94. The molecule has 3 rings (SSSR count). The third kappa shape index (κ3) is 7.69. The van der Waals surface area contributed by atoms with Gasteiger partial charge in [0, 0.05) is 11.1 Å². The van der Waals surface area contributed by atoms with Gasteiger partial charge < -0.3 is 4.74 Å². The van der Waals surface area contributed by atoms with Gasteiger partial charge >= 0.3 is 0 Å². The second-order valence-electron chi connectivity index (χ2n) is 9.26. The molecule has 0 aliphatic heterocycles. The molecule has 0 bridgehead atoms.